The molecule has 16 heavy (non-hydrogen) atoms. The normalized spacial score (nSPS) is 41.4. The minimum atomic E-state index is 0.776. The minimum Gasteiger partial charge on any atom is -0.312 e. The van der Waals surface area contributed by atoms with Gasteiger partial charge >= 0.3 is 0 Å². The maximum atomic E-state index is 3.83. The first-order valence-electron chi connectivity index (χ1n) is 7.12. The van der Waals surface area contributed by atoms with Gasteiger partial charge in [0.05, 0.1) is 0 Å². The van der Waals surface area contributed by atoms with Crippen molar-refractivity contribution in [3.63, 3.8) is 0 Å². The molecule has 2 fully saturated rings. The van der Waals surface area contributed by atoms with Crippen molar-refractivity contribution in [2.45, 2.75) is 58.0 Å². The summed E-state index contributed by atoms with van der Waals surface area (Å²) in [7, 11) is 2.27. The first kappa shape index (κ1) is 12.4. The average Bonchev–Trinajstić information content (AvgIpc) is 2.67. The summed E-state index contributed by atoms with van der Waals surface area (Å²) in [6, 6.07) is 1.57. The van der Waals surface area contributed by atoms with Gasteiger partial charge in [-0.15, -0.1) is 0 Å². The smallest absolute Gasteiger partial charge is 0.0218 e. The van der Waals surface area contributed by atoms with Gasteiger partial charge in [0.1, 0.15) is 0 Å². The van der Waals surface area contributed by atoms with E-state index in [-0.39, 0.29) is 0 Å². The Labute approximate surface area is 101 Å². The molecule has 94 valence electrons. The monoisotopic (exact) mass is 224 g/mol. The lowest BCUT2D eigenvalue weighted by molar-refractivity contribution is 0.192. The van der Waals surface area contributed by atoms with Crippen molar-refractivity contribution in [2.75, 3.05) is 20.1 Å². The summed E-state index contributed by atoms with van der Waals surface area (Å²) in [4.78, 5) is 2.52. The van der Waals surface area contributed by atoms with Gasteiger partial charge < -0.3 is 10.2 Å². The molecule has 0 aromatic carbocycles. The number of nitrogens with one attached hydrogen (secondary N) is 1. The van der Waals surface area contributed by atoms with Crippen molar-refractivity contribution < 1.29 is 0 Å². The fourth-order valence-corrected chi connectivity index (χ4v) is 3.39. The molecule has 0 bridgehead atoms. The van der Waals surface area contributed by atoms with Crippen molar-refractivity contribution in [3.05, 3.63) is 0 Å². The lowest BCUT2D eigenvalue weighted by atomic mass is 9.78. The molecule has 0 aromatic heterocycles. The van der Waals surface area contributed by atoms with E-state index in [9.17, 15) is 0 Å². The van der Waals surface area contributed by atoms with E-state index in [4.69, 9.17) is 0 Å². The molecule has 4 atom stereocenters. The van der Waals surface area contributed by atoms with Crippen molar-refractivity contribution in [1.29, 1.82) is 0 Å². The highest BCUT2D eigenvalue weighted by molar-refractivity contribution is 4.85. The zero-order valence-corrected chi connectivity index (χ0v) is 11.2. The molecule has 1 aliphatic carbocycles. The predicted molar refractivity (Wildman–Crippen MR) is 69.6 cm³/mol. The molecule has 2 aliphatic rings. The zero-order chi connectivity index (χ0) is 11.5. The summed E-state index contributed by atoms with van der Waals surface area (Å²) >= 11 is 0. The van der Waals surface area contributed by atoms with Gasteiger partial charge in [-0.2, -0.15) is 0 Å². The SMILES string of the molecule is CC1CCCC(NCC2CCCN2C)C1C. The Morgan fingerprint density at radius 3 is 2.62 bits per heavy atom. The second kappa shape index (κ2) is 5.50. The molecule has 1 aliphatic heterocycles. The Bertz CT molecular complexity index is 217. The number of rotatable bonds is 3. The van der Waals surface area contributed by atoms with Gasteiger partial charge in [0.2, 0.25) is 0 Å². The van der Waals surface area contributed by atoms with Crippen LogP contribution in [0.25, 0.3) is 0 Å². The van der Waals surface area contributed by atoms with Gasteiger partial charge in [0.15, 0.2) is 0 Å². The van der Waals surface area contributed by atoms with E-state index >= 15 is 0 Å². The highest BCUT2D eigenvalue weighted by Crippen LogP contribution is 2.29. The first-order valence-corrected chi connectivity index (χ1v) is 7.12. The molecule has 0 amide bonds. The molecule has 2 nitrogen and oxygen atoms in total. The highest BCUT2D eigenvalue weighted by Gasteiger charge is 2.28. The van der Waals surface area contributed by atoms with Gasteiger partial charge in [-0.25, -0.2) is 0 Å². The number of likely N-dealkylation sites (tertiary alicyclic amines) is 1. The predicted octanol–water partition coefficient (Wildman–Crippen LogP) is 2.49. The average molecular weight is 224 g/mol. The summed E-state index contributed by atoms with van der Waals surface area (Å²) in [6.07, 6.45) is 7.02. The third-order valence-electron chi connectivity index (χ3n) is 4.99. The Kier molecular flexibility index (Phi) is 4.26. The lowest BCUT2D eigenvalue weighted by Gasteiger charge is -2.36. The van der Waals surface area contributed by atoms with Crippen LogP contribution in [-0.4, -0.2) is 37.1 Å². The highest BCUT2D eigenvalue weighted by atomic mass is 15.2. The Morgan fingerprint density at radius 2 is 1.94 bits per heavy atom. The van der Waals surface area contributed by atoms with Crippen LogP contribution in [0, 0.1) is 11.8 Å². The molecule has 0 spiro atoms. The van der Waals surface area contributed by atoms with E-state index in [1.807, 2.05) is 0 Å². The number of likely N-dealkylation sites (N-methyl/N-ethyl adjacent to an activating group) is 1. The van der Waals surface area contributed by atoms with Crippen molar-refractivity contribution in [1.82, 2.24) is 10.2 Å². The van der Waals surface area contributed by atoms with Crippen LogP contribution in [0.5, 0.6) is 0 Å². The maximum absolute atomic E-state index is 3.83. The van der Waals surface area contributed by atoms with Crippen LogP contribution >= 0.6 is 0 Å². The Hall–Kier alpha value is -0.0800. The van der Waals surface area contributed by atoms with Crippen LogP contribution in [0.1, 0.15) is 46.0 Å². The van der Waals surface area contributed by atoms with E-state index in [1.54, 1.807) is 0 Å². The van der Waals surface area contributed by atoms with E-state index in [0.29, 0.717) is 0 Å². The van der Waals surface area contributed by atoms with Crippen LogP contribution in [-0.2, 0) is 0 Å². The molecule has 1 heterocycles. The lowest BCUT2D eigenvalue weighted by Crippen LogP contribution is -2.45. The third kappa shape index (κ3) is 2.78. The minimum absolute atomic E-state index is 0.776. The molecule has 1 N–H and O–H groups in total. The summed E-state index contributed by atoms with van der Waals surface area (Å²) in [6.45, 7) is 7.35. The number of hydrogen-bond acceptors (Lipinski definition) is 2. The van der Waals surface area contributed by atoms with Gasteiger partial charge in [0, 0.05) is 18.6 Å². The zero-order valence-electron chi connectivity index (χ0n) is 11.2. The summed E-state index contributed by atoms with van der Waals surface area (Å²) < 4.78 is 0. The van der Waals surface area contributed by atoms with Crippen LogP contribution in [0.2, 0.25) is 0 Å². The largest absolute Gasteiger partial charge is 0.312 e. The Balaban J connectivity index is 1.76. The molecular formula is C14H28N2. The molecule has 1 saturated carbocycles. The van der Waals surface area contributed by atoms with E-state index < -0.39 is 0 Å². The van der Waals surface area contributed by atoms with Gasteiger partial charge in [-0.3, -0.25) is 0 Å². The molecule has 0 aromatic rings. The summed E-state index contributed by atoms with van der Waals surface area (Å²) in [5.74, 6) is 1.77. The van der Waals surface area contributed by atoms with Gasteiger partial charge in [-0.05, 0) is 44.7 Å². The molecule has 1 saturated heterocycles. The Morgan fingerprint density at radius 1 is 1.12 bits per heavy atom. The van der Waals surface area contributed by atoms with Crippen LogP contribution in [0.3, 0.4) is 0 Å². The first-order chi connectivity index (χ1) is 7.68. The van der Waals surface area contributed by atoms with Gasteiger partial charge in [0.25, 0.3) is 0 Å². The molecular weight excluding hydrogens is 196 g/mol. The van der Waals surface area contributed by atoms with Crippen LogP contribution < -0.4 is 5.32 Å². The fraction of sp³-hybridized carbons (Fsp3) is 1.00. The topological polar surface area (TPSA) is 15.3 Å². The van der Waals surface area contributed by atoms with Crippen molar-refractivity contribution >= 4 is 0 Å². The van der Waals surface area contributed by atoms with Gasteiger partial charge in [-0.1, -0.05) is 26.7 Å². The number of hydrogen-bond donors (Lipinski definition) is 1. The van der Waals surface area contributed by atoms with Crippen molar-refractivity contribution in [3.8, 4) is 0 Å². The standard InChI is InChI=1S/C14H28N2/c1-11-6-4-8-14(12(11)2)15-10-13-7-5-9-16(13)3/h11-15H,4-10H2,1-3H3. The fourth-order valence-electron chi connectivity index (χ4n) is 3.39. The second-order valence-corrected chi connectivity index (χ2v) is 6.06. The van der Waals surface area contributed by atoms with Crippen LogP contribution in [0.15, 0.2) is 0 Å². The van der Waals surface area contributed by atoms with E-state index in [1.165, 1.54) is 45.2 Å². The summed E-state index contributed by atoms with van der Waals surface area (Å²) in [5.41, 5.74) is 0. The molecule has 2 heteroatoms. The summed E-state index contributed by atoms with van der Waals surface area (Å²) in [5, 5.41) is 3.83. The maximum Gasteiger partial charge on any atom is 0.0218 e. The van der Waals surface area contributed by atoms with E-state index in [0.717, 1.165) is 23.9 Å². The molecule has 2 rings (SSSR count). The number of nitrogens with zero attached hydrogens (tertiary/aromatic N) is 1. The molecule has 4 unspecified atom stereocenters. The molecule has 0 radical (unpaired) electrons. The second-order valence-electron chi connectivity index (χ2n) is 6.06. The van der Waals surface area contributed by atoms with Crippen LogP contribution in [0.4, 0.5) is 0 Å². The third-order valence-corrected chi connectivity index (χ3v) is 4.99. The quantitative estimate of drug-likeness (QED) is 0.792. The van der Waals surface area contributed by atoms with Crippen molar-refractivity contribution in [2.24, 2.45) is 11.8 Å². The van der Waals surface area contributed by atoms with E-state index in [2.05, 4.69) is 31.1 Å².